The zero-order chi connectivity index (χ0) is 13.8. The third kappa shape index (κ3) is 2.77. The van der Waals surface area contributed by atoms with Gasteiger partial charge in [0.1, 0.15) is 5.75 Å². The van der Waals surface area contributed by atoms with E-state index in [0.29, 0.717) is 6.79 Å². The van der Waals surface area contributed by atoms with E-state index < -0.39 is 0 Å². The van der Waals surface area contributed by atoms with Gasteiger partial charge in [-0.15, -0.1) is 0 Å². The number of fused-ring (bicyclic) bond motifs is 1. The van der Waals surface area contributed by atoms with Gasteiger partial charge < -0.3 is 14.2 Å². The summed E-state index contributed by atoms with van der Waals surface area (Å²) in [6, 6.07) is 14.0. The predicted molar refractivity (Wildman–Crippen MR) is 78.3 cm³/mol. The Morgan fingerprint density at radius 1 is 1.05 bits per heavy atom. The van der Waals surface area contributed by atoms with E-state index in [2.05, 4.69) is 18.2 Å². The summed E-state index contributed by atoms with van der Waals surface area (Å²) < 4.78 is 15.8. The highest BCUT2D eigenvalue weighted by Crippen LogP contribution is 2.32. The van der Waals surface area contributed by atoms with Crippen molar-refractivity contribution in [3.8, 4) is 17.2 Å². The minimum absolute atomic E-state index is 0.320. The molecular weight excluding hydrogens is 252 g/mol. The fourth-order valence-corrected chi connectivity index (χ4v) is 2.11. The Labute approximate surface area is 118 Å². The van der Waals surface area contributed by atoms with Crippen molar-refractivity contribution in [3.63, 3.8) is 0 Å². The monoisotopic (exact) mass is 268 g/mol. The summed E-state index contributed by atoms with van der Waals surface area (Å²) >= 11 is 0. The molecule has 102 valence electrons. The lowest BCUT2D eigenvalue weighted by molar-refractivity contribution is 0.174. The van der Waals surface area contributed by atoms with Crippen LogP contribution in [0.15, 0.2) is 48.5 Å². The molecule has 0 amide bonds. The molecule has 0 radical (unpaired) electrons. The fraction of sp³-hybridized carbons (Fsp3) is 0.176. The Morgan fingerprint density at radius 3 is 2.65 bits per heavy atom. The topological polar surface area (TPSA) is 27.7 Å². The van der Waals surface area contributed by atoms with Crippen molar-refractivity contribution in [2.75, 3.05) is 13.9 Å². The number of hydrogen-bond acceptors (Lipinski definition) is 3. The molecule has 1 heterocycles. The molecule has 2 aromatic carbocycles. The molecule has 0 saturated carbocycles. The van der Waals surface area contributed by atoms with Crippen molar-refractivity contribution >= 4 is 6.08 Å². The average Bonchev–Trinajstić information content (AvgIpc) is 2.95. The van der Waals surface area contributed by atoms with E-state index in [4.69, 9.17) is 14.2 Å². The molecular formula is C17H16O3. The predicted octanol–water partition coefficient (Wildman–Crippen LogP) is 3.68. The maximum atomic E-state index is 5.37. The zero-order valence-corrected chi connectivity index (χ0v) is 11.3. The normalized spacial score (nSPS) is 12.8. The molecule has 0 spiro atoms. The number of hydrogen-bond donors (Lipinski definition) is 0. The van der Waals surface area contributed by atoms with Crippen LogP contribution in [-0.4, -0.2) is 13.9 Å². The van der Waals surface area contributed by atoms with Gasteiger partial charge in [-0.3, -0.25) is 0 Å². The van der Waals surface area contributed by atoms with E-state index in [0.717, 1.165) is 29.2 Å². The molecule has 0 aliphatic carbocycles. The Kier molecular flexibility index (Phi) is 3.59. The molecule has 3 nitrogen and oxygen atoms in total. The van der Waals surface area contributed by atoms with Gasteiger partial charge in [0.25, 0.3) is 0 Å². The number of benzene rings is 2. The summed E-state index contributed by atoms with van der Waals surface area (Å²) in [5, 5.41) is 0. The largest absolute Gasteiger partial charge is 0.497 e. The van der Waals surface area contributed by atoms with Gasteiger partial charge in [-0.25, -0.2) is 0 Å². The van der Waals surface area contributed by atoms with Crippen molar-refractivity contribution in [2.45, 2.75) is 6.42 Å². The Bertz CT molecular complexity index is 615. The molecule has 3 rings (SSSR count). The molecule has 0 bridgehead atoms. The first kappa shape index (κ1) is 12.6. The number of allylic oxidation sites excluding steroid dienone is 1. The molecule has 0 fully saturated rings. The van der Waals surface area contributed by atoms with Crippen molar-refractivity contribution in [1.29, 1.82) is 0 Å². The Morgan fingerprint density at radius 2 is 1.85 bits per heavy atom. The molecule has 1 aliphatic rings. The highest BCUT2D eigenvalue weighted by molar-refractivity contribution is 5.52. The van der Waals surface area contributed by atoms with Crippen LogP contribution in [0.25, 0.3) is 6.08 Å². The summed E-state index contributed by atoms with van der Waals surface area (Å²) in [6.07, 6.45) is 5.10. The summed E-state index contributed by atoms with van der Waals surface area (Å²) in [7, 11) is 1.67. The van der Waals surface area contributed by atoms with Crippen molar-refractivity contribution in [3.05, 3.63) is 59.7 Å². The molecule has 20 heavy (non-hydrogen) atoms. The number of rotatable bonds is 4. The minimum atomic E-state index is 0.320. The fourth-order valence-electron chi connectivity index (χ4n) is 2.11. The number of ether oxygens (including phenoxy) is 3. The van der Waals surface area contributed by atoms with E-state index >= 15 is 0 Å². The first-order valence-corrected chi connectivity index (χ1v) is 6.54. The Hall–Kier alpha value is -2.42. The van der Waals surface area contributed by atoms with Gasteiger partial charge >= 0.3 is 0 Å². The quantitative estimate of drug-likeness (QED) is 0.846. The Balaban J connectivity index is 1.64. The molecule has 2 aromatic rings. The first-order valence-electron chi connectivity index (χ1n) is 6.54. The van der Waals surface area contributed by atoms with E-state index in [9.17, 15) is 0 Å². The van der Waals surface area contributed by atoms with Crippen LogP contribution >= 0.6 is 0 Å². The zero-order valence-electron chi connectivity index (χ0n) is 11.3. The summed E-state index contributed by atoms with van der Waals surface area (Å²) in [5.41, 5.74) is 2.37. The lowest BCUT2D eigenvalue weighted by Crippen LogP contribution is -1.92. The van der Waals surface area contributed by atoms with Crippen LogP contribution in [0.5, 0.6) is 17.2 Å². The van der Waals surface area contributed by atoms with Crippen LogP contribution in [-0.2, 0) is 6.42 Å². The van der Waals surface area contributed by atoms with Crippen LogP contribution in [0.2, 0.25) is 0 Å². The molecule has 0 N–H and O–H groups in total. The van der Waals surface area contributed by atoms with Gasteiger partial charge in [-0.05, 0) is 41.8 Å². The lowest BCUT2D eigenvalue weighted by Gasteiger charge is -2.00. The lowest BCUT2D eigenvalue weighted by atomic mass is 10.1. The van der Waals surface area contributed by atoms with Crippen LogP contribution in [0.4, 0.5) is 0 Å². The summed E-state index contributed by atoms with van der Waals surface area (Å²) in [6.45, 7) is 0.320. The molecule has 3 heteroatoms. The summed E-state index contributed by atoms with van der Waals surface area (Å²) in [4.78, 5) is 0. The van der Waals surface area contributed by atoms with Crippen LogP contribution in [0.1, 0.15) is 11.1 Å². The van der Waals surface area contributed by atoms with Crippen molar-refractivity contribution < 1.29 is 14.2 Å². The van der Waals surface area contributed by atoms with Gasteiger partial charge in [-0.1, -0.05) is 30.4 Å². The van der Waals surface area contributed by atoms with Crippen LogP contribution in [0, 0.1) is 0 Å². The van der Waals surface area contributed by atoms with E-state index in [1.165, 1.54) is 5.56 Å². The smallest absolute Gasteiger partial charge is 0.231 e. The first-order chi connectivity index (χ1) is 9.85. The maximum absolute atomic E-state index is 5.37. The minimum Gasteiger partial charge on any atom is -0.497 e. The summed E-state index contributed by atoms with van der Waals surface area (Å²) in [5.74, 6) is 2.53. The van der Waals surface area contributed by atoms with E-state index in [1.807, 2.05) is 36.4 Å². The van der Waals surface area contributed by atoms with Gasteiger partial charge in [0.2, 0.25) is 6.79 Å². The molecule has 1 aliphatic heterocycles. The standard InChI is InChI=1S/C17H16O3/c1-18-15-8-5-13(6-9-15)3-2-4-14-7-10-16-17(11-14)20-12-19-16/h2-3,5-11H,4,12H2,1H3. The highest BCUT2D eigenvalue weighted by Gasteiger charge is 2.12. The van der Waals surface area contributed by atoms with Crippen molar-refractivity contribution in [2.24, 2.45) is 0 Å². The van der Waals surface area contributed by atoms with Crippen molar-refractivity contribution in [1.82, 2.24) is 0 Å². The molecule has 0 aromatic heterocycles. The SMILES string of the molecule is COc1ccc(C=CCc2ccc3c(c2)OCO3)cc1. The van der Waals surface area contributed by atoms with Gasteiger partial charge in [0.05, 0.1) is 7.11 Å². The van der Waals surface area contributed by atoms with E-state index in [1.54, 1.807) is 7.11 Å². The van der Waals surface area contributed by atoms with Gasteiger partial charge in [0, 0.05) is 0 Å². The average molecular weight is 268 g/mol. The molecule has 0 atom stereocenters. The molecule has 0 saturated heterocycles. The van der Waals surface area contributed by atoms with Crippen LogP contribution < -0.4 is 14.2 Å². The van der Waals surface area contributed by atoms with Crippen LogP contribution in [0.3, 0.4) is 0 Å². The maximum Gasteiger partial charge on any atom is 0.231 e. The van der Waals surface area contributed by atoms with Gasteiger partial charge in [0.15, 0.2) is 11.5 Å². The number of methoxy groups -OCH3 is 1. The highest BCUT2D eigenvalue weighted by atomic mass is 16.7. The second-order valence-corrected chi connectivity index (χ2v) is 4.57. The second kappa shape index (κ2) is 5.70. The third-order valence-electron chi connectivity index (χ3n) is 3.22. The van der Waals surface area contributed by atoms with E-state index in [-0.39, 0.29) is 0 Å². The third-order valence-corrected chi connectivity index (χ3v) is 3.22. The second-order valence-electron chi connectivity index (χ2n) is 4.57. The molecule has 0 unspecified atom stereocenters. The van der Waals surface area contributed by atoms with Gasteiger partial charge in [-0.2, -0.15) is 0 Å².